The van der Waals surface area contributed by atoms with Gasteiger partial charge < -0.3 is 9.80 Å². The van der Waals surface area contributed by atoms with Gasteiger partial charge in [-0.2, -0.15) is 0 Å². The summed E-state index contributed by atoms with van der Waals surface area (Å²) in [6.07, 6.45) is 3.70. The summed E-state index contributed by atoms with van der Waals surface area (Å²) in [6.45, 7) is 1.82. The normalized spacial score (nSPS) is 10.5. The molecule has 1 amide bonds. The van der Waals surface area contributed by atoms with E-state index in [1.807, 2.05) is 21.0 Å². The van der Waals surface area contributed by atoms with Gasteiger partial charge in [-0.05, 0) is 24.3 Å². The van der Waals surface area contributed by atoms with Crippen LogP contribution in [0, 0.1) is 0 Å². The number of nitrogens with zero attached hydrogens (tertiary/aromatic N) is 2. The average molecular weight is 260 g/mol. The van der Waals surface area contributed by atoms with Gasteiger partial charge in [0.1, 0.15) is 0 Å². The highest BCUT2D eigenvalue weighted by atomic mass is 16.2. The molecule has 0 aromatic heterocycles. The Morgan fingerprint density at radius 3 is 2.16 bits per heavy atom. The summed E-state index contributed by atoms with van der Waals surface area (Å²) in [7, 11) is 5.45. The molecule has 4 heteroatoms. The Hall–Kier alpha value is -2.10. The van der Waals surface area contributed by atoms with Crippen molar-refractivity contribution >= 4 is 17.4 Å². The van der Waals surface area contributed by atoms with E-state index < -0.39 is 0 Å². The molecule has 0 atom stereocenters. The third-order valence-corrected chi connectivity index (χ3v) is 2.74. The number of carbonyl (C=O) groups excluding carboxylic acids is 2. The predicted octanol–water partition coefficient (Wildman–Crippen LogP) is 2.32. The smallest absolute Gasteiger partial charge is 0.226 e. The highest BCUT2D eigenvalue weighted by Crippen LogP contribution is 2.15. The number of benzene rings is 1. The van der Waals surface area contributed by atoms with E-state index in [9.17, 15) is 9.59 Å². The number of carbonyl (C=O) groups is 2. The van der Waals surface area contributed by atoms with E-state index >= 15 is 0 Å². The van der Waals surface area contributed by atoms with E-state index in [1.165, 1.54) is 6.08 Å². The second-order valence-corrected chi connectivity index (χ2v) is 4.50. The van der Waals surface area contributed by atoms with Crippen molar-refractivity contribution in [1.82, 2.24) is 4.90 Å². The molecule has 0 N–H and O–H groups in total. The SMILES string of the molecule is CCC(=O)N(C)c1ccc(C(=O)/C=C/N(C)C)cc1. The zero-order valence-corrected chi connectivity index (χ0v) is 11.9. The second kappa shape index (κ2) is 6.73. The van der Waals surface area contributed by atoms with Crippen LogP contribution in [0.3, 0.4) is 0 Å². The molecular weight excluding hydrogens is 240 g/mol. The summed E-state index contributed by atoms with van der Waals surface area (Å²) < 4.78 is 0. The standard InChI is InChI=1S/C15H20N2O2/c1-5-15(19)17(4)13-8-6-12(7-9-13)14(18)10-11-16(2)3/h6-11H,5H2,1-4H3/b11-10+. The average Bonchev–Trinajstić information content (AvgIpc) is 2.43. The Morgan fingerprint density at radius 2 is 1.68 bits per heavy atom. The van der Waals surface area contributed by atoms with Gasteiger partial charge in [0.15, 0.2) is 5.78 Å². The van der Waals surface area contributed by atoms with Crippen LogP contribution in [0.4, 0.5) is 5.69 Å². The number of allylic oxidation sites excluding steroid dienone is 1. The van der Waals surface area contributed by atoms with E-state index in [2.05, 4.69) is 0 Å². The van der Waals surface area contributed by atoms with Crippen molar-refractivity contribution in [2.45, 2.75) is 13.3 Å². The van der Waals surface area contributed by atoms with Crippen molar-refractivity contribution in [3.05, 3.63) is 42.1 Å². The summed E-state index contributed by atoms with van der Waals surface area (Å²) in [4.78, 5) is 26.8. The molecule has 0 radical (unpaired) electrons. The van der Waals surface area contributed by atoms with E-state index in [0.29, 0.717) is 12.0 Å². The Morgan fingerprint density at radius 1 is 1.11 bits per heavy atom. The summed E-state index contributed by atoms with van der Waals surface area (Å²) in [5.41, 5.74) is 1.40. The van der Waals surface area contributed by atoms with Crippen LogP contribution in [0.5, 0.6) is 0 Å². The zero-order valence-electron chi connectivity index (χ0n) is 11.9. The first-order valence-electron chi connectivity index (χ1n) is 6.21. The van der Waals surface area contributed by atoms with Crippen molar-refractivity contribution in [2.24, 2.45) is 0 Å². The monoisotopic (exact) mass is 260 g/mol. The molecule has 0 aliphatic heterocycles. The van der Waals surface area contributed by atoms with Crippen LogP contribution >= 0.6 is 0 Å². The fraction of sp³-hybridized carbons (Fsp3) is 0.333. The molecule has 0 fully saturated rings. The van der Waals surface area contributed by atoms with Crippen molar-refractivity contribution < 1.29 is 9.59 Å². The number of ketones is 1. The topological polar surface area (TPSA) is 40.6 Å². The Labute approximate surface area is 114 Å². The first-order chi connectivity index (χ1) is 8.95. The third kappa shape index (κ3) is 4.25. The van der Waals surface area contributed by atoms with Gasteiger partial charge in [0.2, 0.25) is 5.91 Å². The van der Waals surface area contributed by atoms with Crippen molar-refractivity contribution in [3.63, 3.8) is 0 Å². The number of hydrogen-bond donors (Lipinski definition) is 0. The highest BCUT2D eigenvalue weighted by Gasteiger charge is 2.09. The molecule has 0 unspecified atom stereocenters. The van der Waals surface area contributed by atoms with Gasteiger partial charge in [-0.25, -0.2) is 0 Å². The quantitative estimate of drug-likeness (QED) is 0.602. The fourth-order valence-electron chi connectivity index (χ4n) is 1.54. The van der Waals surface area contributed by atoms with Crippen LogP contribution in [0.1, 0.15) is 23.7 Å². The van der Waals surface area contributed by atoms with E-state index in [0.717, 1.165) is 5.69 Å². The molecule has 0 saturated heterocycles. The van der Waals surface area contributed by atoms with Crippen LogP contribution in [0.25, 0.3) is 0 Å². The van der Waals surface area contributed by atoms with E-state index in [1.54, 1.807) is 47.3 Å². The molecule has 0 spiro atoms. The summed E-state index contributed by atoms with van der Waals surface area (Å²) in [5.74, 6) is -0.00342. The van der Waals surface area contributed by atoms with Gasteiger partial charge in [-0.3, -0.25) is 9.59 Å². The predicted molar refractivity (Wildman–Crippen MR) is 77.3 cm³/mol. The van der Waals surface area contributed by atoms with Crippen LogP contribution in [-0.2, 0) is 4.79 Å². The molecule has 0 aliphatic carbocycles. The molecule has 0 bridgehead atoms. The van der Waals surface area contributed by atoms with Crippen LogP contribution in [-0.4, -0.2) is 37.7 Å². The minimum atomic E-state index is -0.0512. The van der Waals surface area contributed by atoms with Crippen LogP contribution in [0.15, 0.2) is 36.5 Å². The molecule has 0 saturated carbocycles. The molecule has 102 valence electrons. The maximum atomic E-state index is 11.8. The van der Waals surface area contributed by atoms with Gasteiger partial charge in [-0.15, -0.1) is 0 Å². The number of rotatable bonds is 5. The molecular formula is C15H20N2O2. The first kappa shape index (κ1) is 15.0. The molecule has 1 rings (SSSR count). The summed E-state index contributed by atoms with van der Waals surface area (Å²) >= 11 is 0. The maximum absolute atomic E-state index is 11.8. The van der Waals surface area contributed by atoms with E-state index in [4.69, 9.17) is 0 Å². The lowest BCUT2D eigenvalue weighted by atomic mass is 10.1. The summed E-state index contributed by atoms with van der Waals surface area (Å²) in [5, 5.41) is 0. The van der Waals surface area contributed by atoms with Crippen LogP contribution in [0.2, 0.25) is 0 Å². The molecule has 4 nitrogen and oxygen atoms in total. The lowest BCUT2D eigenvalue weighted by molar-refractivity contribution is -0.118. The number of amides is 1. The molecule has 1 aromatic carbocycles. The van der Waals surface area contributed by atoms with Crippen molar-refractivity contribution in [1.29, 1.82) is 0 Å². The Bertz CT molecular complexity index is 475. The largest absolute Gasteiger partial charge is 0.383 e. The highest BCUT2D eigenvalue weighted by molar-refractivity contribution is 6.04. The minimum absolute atomic E-state index is 0.0478. The van der Waals surface area contributed by atoms with E-state index in [-0.39, 0.29) is 11.7 Å². The Balaban J connectivity index is 2.82. The molecule has 19 heavy (non-hydrogen) atoms. The summed E-state index contributed by atoms with van der Waals surface area (Å²) in [6, 6.07) is 7.03. The minimum Gasteiger partial charge on any atom is -0.383 e. The lowest BCUT2D eigenvalue weighted by Gasteiger charge is -2.16. The van der Waals surface area contributed by atoms with Gasteiger partial charge >= 0.3 is 0 Å². The third-order valence-electron chi connectivity index (χ3n) is 2.74. The number of anilines is 1. The van der Waals surface area contributed by atoms with Crippen LogP contribution < -0.4 is 4.90 Å². The molecule has 0 heterocycles. The first-order valence-corrected chi connectivity index (χ1v) is 6.21. The van der Waals surface area contributed by atoms with Gasteiger partial charge in [0.05, 0.1) is 0 Å². The molecule has 1 aromatic rings. The second-order valence-electron chi connectivity index (χ2n) is 4.50. The Kier molecular flexibility index (Phi) is 5.30. The maximum Gasteiger partial charge on any atom is 0.226 e. The lowest BCUT2D eigenvalue weighted by Crippen LogP contribution is -2.24. The van der Waals surface area contributed by atoms with Crippen molar-refractivity contribution in [2.75, 3.05) is 26.0 Å². The molecule has 0 aliphatic rings. The van der Waals surface area contributed by atoms with Gasteiger partial charge in [0, 0.05) is 51.1 Å². The van der Waals surface area contributed by atoms with Gasteiger partial charge in [0.25, 0.3) is 0 Å². The zero-order chi connectivity index (χ0) is 14.4. The fourth-order valence-corrected chi connectivity index (χ4v) is 1.54. The van der Waals surface area contributed by atoms with Crippen molar-refractivity contribution in [3.8, 4) is 0 Å². The number of hydrogen-bond acceptors (Lipinski definition) is 3. The van der Waals surface area contributed by atoms with Gasteiger partial charge in [-0.1, -0.05) is 6.92 Å².